The summed E-state index contributed by atoms with van der Waals surface area (Å²) in [6.07, 6.45) is -3.01. The highest BCUT2D eigenvalue weighted by Gasteiger charge is 2.36. The van der Waals surface area contributed by atoms with E-state index in [-0.39, 0.29) is 29.6 Å². The Balaban J connectivity index is 1.05. The van der Waals surface area contributed by atoms with Gasteiger partial charge in [0.15, 0.2) is 5.82 Å². The molecule has 0 spiro atoms. The van der Waals surface area contributed by atoms with Crippen molar-refractivity contribution in [3.8, 4) is 11.1 Å². The van der Waals surface area contributed by atoms with Crippen LogP contribution in [0.5, 0.6) is 0 Å². The maximum atomic E-state index is 14.8. The van der Waals surface area contributed by atoms with Crippen LogP contribution in [0.2, 0.25) is 5.02 Å². The highest BCUT2D eigenvalue weighted by Crippen LogP contribution is 2.38. The molecule has 0 saturated carbocycles. The van der Waals surface area contributed by atoms with E-state index < -0.39 is 26.7 Å². The van der Waals surface area contributed by atoms with Gasteiger partial charge in [-0.05, 0) is 111 Å². The summed E-state index contributed by atoms with van der Waals surface area (Å²) in [5.41, 5.74) is 3.72. The molecule has 9 nitrogen and oxygen atoms in total. The van der Waals surface area contributed by atoms with Crippen LogP contribution in [0.3, 0.4) is 0 Å². The molecule has 1 aromatic heterocycles. The largest absolute Gasteiger partial charge is 0.418 e. The van der Waals surface area contributed by atoms with Crippen molar-refractivity contribution in [2.75, 3.05) is 53.4 Å². The number of rotatable bonds is 17. The van der Waals surface area contributed by atoms with Gasteiger partial charge in [0.25, 0.3) is 10.0 Å². The van der Waals surface area contributed by atoms with Crippen molar-refractivity contribution in [1.82, 2.24) is 19.8 Å². The molecule has 7 rings (SSSR count). The van der Waals surface area contributed by atoms with Gasteiger partial charge in [0.1, 0.15) is 6.33 Å². The Hall–Kier alpha value is -4.86. The molecule has 0 radical (unpaired) electrons. The van der Waals surface area contributed by atoms with Crippen LogP contribution in [0.4, 0.5) is 30.4 Å². The quantitative estimate of drug-likeness (QED) is 0.0868. The van der Waals surface area contributed by atoms with E-state index in [2.05, 4.69) is 80.6 Å². The number of benzene rings is 5. The molecule has 1 fully saturated rings. The van der Waals surface area contributed by atoms with Gasteiger partial charge in [-0.25, -0.2) is 18.4 Å². The van der Waals surface area contributed by atoms with Crippen molar-refractivity contribution in [2.45, 2.75) is 74.8 Å². The Labute approximate surface area is 378 Å². The normalized spacial score (nSPS) is 14.5. The molecule has 0 aliphatic carbocycles. The number of hydrogen-bond donors (Lipinski definition) is 2. The molecule has 1 unspecified atom stereocenters. The van der Waals surface area contributed by atoms with E-state index in [0.717, 1.165) is 48.9 Å². The number of aromatic nitrogens is 2. The number of alkyl halides is 3. The van der Waals surface area contributed by atoms with Gasteiger partial charge in [0, 0.05) is 89.8 Å². The summed E-state index contributed by atoms with van der Waals surface area (Å²) in [4.78, 5) is 16.1. The maximum Gasteiger partial charge on any atom is 0.418 e. The van der Waals surface area contributed by atoms with Gasteiger partial charge in [-0.15, -0.1) is 11.8 Å². The summed E-state index contributed by atoms with van der Waals surface area (Å²) in [5.74, 6) is 0.483. The zero-order valence-electron chi connectivity index (χ0n) is 35.8. The molecule has 1 aliphatic rings. The van der Waals surface area contributed by atoms with Gasteiger partial charge < -0.3 is 10.2 Å². The van der Waals surface area contributed by atoms with Crippen LogP contribution >= 0.6 is 23.4 Å². The second-order valence-electron chi connectivity index (χ2n) is 16.3. The van der Waals surface area contributed by atoms with Crippen molar-refractivity contribution in [3.63, 3.8) is 0 Å². The van der Waals surface area contributed by atoms with Gasteiger partial charge in [-0.3, -0.25) is 14.5 Å². The molecule has 1 saturated heterocycles. The molecule has 5 aromatic carbocycles. The van der Waals surface area contributed by atoms with E-state index in [1.807, 2.05) is 72.8 Å². The van der Waals surface area contributed by atoms with Crippen molar-refractivity contribution < 1.29 is 21.6 Å². The molecule has 2 heterocycles. The van der Waals surface area contributed by atoms with Crippen LogP contribution in [0, 0.1) is 0 Å². The van der Waals surface area contributed by atoms with Crippen LogP contribution in [0.25, 0.3) is 22.0 Å². The number of piperazine rings is 1. The fraction of sp³-hybridized carbons (Fsp3) is 0.333. The standard InChI is InChI=1S/C48H53ClF3N7O2S2/c1-33(2)59(34(3)4)23-22-38(31-62-40-11-6-5-7-12-40)55-45-21-19-41(29-44(45)48(50,51)52)63(60,61)56-47-43-20-18-39(28-46(43)53-32-54-47)58-26-24-57(25-27-58)30-36-10-8-9-13-42(36)35-14-16-37(49)17-15-35/h5-21,28-29,32-34,38,55H,22-27,30-31H2,1-4H3,(H,53,54,56). The fourth-order valence-corrected chi connectivity index (χ4v) is 10.3. The second-order valence-corrected chi connectivity index (χ2v) is 19.6. The highest BCUT2D eigenvalue weighted by atomic mass is 35.5. The lowest BCUT2D eigenvalue weighted by Gasteiger charge is -2.36. The zero-order valence-corrected chi connectivity index (χ0v) is 38.2. The summed E-state index contributed by atoms with van der Waals surface area (Å²) in [5, 5.41) is 4.28. The van der Waals surface area contributed by atoms with E-state index in [9.17, 15) is 21.6 Å². The number of hydrogen-bond acceptors (Lipinski definition) is 9. The number of thioether (sulfide) groups is 1. The Morgan fingerprint density at radius 3 is 2.22 bits per heavy atom. The topological polar surface area (TPSA) is 93.7 Å². The summed E-state index contributed by atoms with van der Waals surface area (Å²) < 4.78 is 74.5. The minimum absolute atomic E-state index is 0.0238. The summed E-state index contributed by atoms with van der Waals surface area (Å²) in [6, 6.07) is 34.8. The number of halogens is 4. The molecule has 1 atom stereocenters. The molecule has 332 valence electrons. The van der Waals surface area contributed by atoms with E-state index in [4.69, 9.17) is 11.6 Å². The average Bonchev–Trinajstić information content (AvgIpc) is 3.26. The SMILES string of the molecule is CC(C)N(CCC(CSc1ccccc1)Nc1ccc(S(=O)(=O)Nc2ncnc3cc(N4CCN(Cc5ccccc5-c5ccc(Cl)cc5)CC4)ccc23)cc1C(F)(F)F)C(C)C. The zero-order chi connectivity index (χ0) is 44.7. The number of nitrogens with zero attached hydrogens (tertiary/aromatic N) is 5. The Morgan fingerprint density at radius 2 is 1.52 bits per heavy atom. The first-order chi connectivity index (χ1) is 30.1. The lowest BCUT2D eigenvalue weighted by Crippen LogP contribution is -2.46. The maximum absolute atomic E-state index is 14.8. The third-order valence-electron chi connectivity index (χ3n) is 11.4. The average molecular weight is 917 g/mol. The lowest BCUT2D eigenvalue weighted by atomic mass is 9.99. The van der Waals surface area contributed by atoms with Gasteiger partial charge in [0.2, 0.25) is 0 Å². The third-order valence-corrected chi connectivity index (χ3v) is 14.1. The van der Waals surface area contributed by atoms with Crippen LogP contribution in [-0.4, -0.2) is 84.8 Å². The van der Waals surface area contributed by atoms with Crippen molar-refractivity contribution in [2.24, 2.45) is 0 Å². The van der Waals surface area contributed by atoms with Crippen LogP contribution in [0.1, 0.15) is 45.2 Å². The number of sulfonamides is 1. The van der Waals surface area contributed by atoms with E-state index in [0.29, 0.717) is 40.7 Å². The van der Waals surface area contributed by atoms with E-state index in [1.54, 1.807) is 17.8 Å². The Kier molecular flexibility index (Phi) is 14.9. The minimum atomic E-state index is -4.84. The van der Waals surface area contributed by atoms with E-state index in [1.165, 1.54) is 29.6 Å². The smallest absolute Gasteiger partial charge is 0.381 e. The van der Waals surface area contributed by atoms with Crippen molar-refractivity contribution >= 4 is 61.5 Å². The van der Waals surface area contributed by atoms with Crippen molar-refractivity contribution in [3.05, 3.63) is 138 Å². The van der Waals surface area contributed by atoms with Crippen LogP contribution in [-0.2, 0) is 22.7 Å². The molecule has 1 aliphatic heterocycles. The Bertz CT molecular complexity index is 2570. The number of anilines is 3. The first kappa shape index (κ1) is 46.1. The van der Waals surface area contributed by atoms with Gasteiger partial charge >= 0.3 is 6.18 Å². The molecular weight excluding hydrogens is 863 g/mol. The molecule has 63 heavy (non-hydrogen) atoms. The molecule has 0 bridgehead atoms. The fourth-order valence-electron chi connectivity index (χ4n) is 8.08. The third kappa shape index (κ3) is 11.8. The van der Waals surface area contributed by atoms with Gasteiger partial charge in [-0.2, -0.15) is 13.2 Å². The lowest BCUT2D eigenvalue weighted by molar-refractivity contribution is -0.137. The van der Waals surface area contributed by atoms with Crippen LogP contribution in [0.15, 0.2) is 131 Å². The monoisotopic (exact) mass is 915 g/mol. The second kappa shape index (κ2) is 20.3. The predicted molar refractivity (Wildman–Crippen MR) is 252 cm³/mol. The predicted octanol–water partition coefficient (Wildman–Crippen LogP) is 11.2. The number of nitrogens with one attached hydrogen (secondary N) is 2. The minimum Gasteiger partial charge on any atom is -0.381 e. The molecule has 0 amide bonds. The molecule has 6 aromatic rings. The summed E-state index contributed by atoms with van der Waals surface area (Å²) >= 11 is 7.70. The van der Waals surface area contributed by atoms with Gasteiger partial charge in [-0.1, -0.05) is 66.2 Å². The summed E-state index contributed by atoms with van der Waals surface area (Å²) in [6.45, 7) is 13.1. The van der Waals surface area contributed by atoms with Crippen molar-refractivity contribution in [1.29, 1.82) is 0 Å². The van der Waals surface area contributed by atoms with Gasteiger partial charge in [0.05, 0.1) is 16.0 Å². The molecule has 2 N–H and O–H groups in total. The molecule has 15 heteroatoms. The summed E-state index contributed by atoms with van der Waals surface area (Å²) in [7, 11) is -4.51. The van der Waals surface area contributed by atoms with Crippen LogP contribution < -0.4 is 14.9 Å². The first-order valence-electron chi connectivity index (χ1n) is 21.1. The number of fused-ring (bicyclic) bond motifs is 1. The first-order valence-corrected chi connectivity index (χ1v) is 24.0. The highest BCUT2D eigenvalue weighted by molar-refractivity contribution is 7.99. The van der Waals surface area contributed by atoms with E-state index >= 15 is 0 Å². The molecular formula is C48H53ClF3N7O2S2. The Morgan fingerprint density at radius 1 is 0.825 bits per heavy atom.